The van der Waals surface area contributed by atoms with E-state index in [4.69, 9.17) is 5.11 Å². The largest absolute Gasteiger partial charge is 0.481 e. The lowest BCUT2D eigenvalue weighted by atomic mass is 9.85. The molecule has 1 aromatic heterocycles. The molecule has 1 heterocycles. The number of carbonyl (C=O) groups excluding carboxylic acids is 1. The number of amides is 1. The minimum absolute atomic E-state index is 0.0397. The van der Waals surface area contributed by atoms with Crippen LogP contribution in [-0.2, 0) is 9.59 Å². The van der Waals surface area contributed by atoms with Crippen LogP contribution in [0.25, 0.3) is 0 Å². The Morgan fingerprint density at radius 2 is 2.18 bits per heavy atom. The standard InChI is InChI=1S/C10H13BrN2O3S/c1-10(2,4-8(15)16)3-7(14)13-9-12-5-6(11)17-9/h5H,3-4H2,1-2H3,(H,15,16)(H,12,13,14). The fraction of sp³-hybridized carbons (Fsp3) is 0.500. The molecule has 0 saturated carbocycles. The summed E-state index contributed by atoms with van der Waals surface area (Å²) in [4.78, 5) is 26.2. The van der Waals surface area contributed by atoms with Crippen molar-refractivity contribution in [3.05, 3.63) is 9.98 Å². The first kappa shape index (κ1) is 14.1. The number of carbonyl (C=O) groups is 2. The summed E-state index contributed by atoms with van der Waals surface area (Å²) in [6.07, 6.45) is 1.71. The zero-order valence-electron chi connectivity index (χ0n) is 9.49. The van der Waals surface area contributed by atoms with E-state index in [0.717, 1.165) is 3.79 Å². The molecular weight excluding hydrogens is 308 g/mol. The van der Waals surface area contributed by atoms with Crippen molar-refractivity contribution in [2.24, 2.45) is 5.41 Å². The summed E-state index contributed by atoms with van der Waals surface area (Å²) in [6, 6.07) is 0. The van der Waals surface area contributed by atoms with Crippen LogP contribution in [0.3, 0.4) is 0 Å². The first-order valence-electron chi connectivity index (χ1n) is 4.91. The van der Waals surface area contributed by atoms with E-state index >= 15 is 0 Å². The van der Waals surface area contributed by atoms with Gasteiger partial charge in [-0.3, -0.25) is 9.59 Å². The molecule has 0 aliphatic heterocycles. The highest BCUT2D eigenvalue weighted by Gasteiger charge is 2.25. The second-order valence-electron chi connectivity index (χ2n) is 4.43. The average molecular weight is 321 g/mol. The highest BCUT2D eigenvalue weighted by atomic mass is 79.9. The molecule has 2 N–H and O–H groups in total. The summed E-state index contributed by atoms with van der Waals surface area (Å²) in [6.45, 7) is 3.50. The van der Waals surface area contributed by atoms with Crippen LogP contribution in [0.15, 0.2) is 9.98 Å². The molecule has 0 radical (unpaired) electrons. The number of carboxylic acids is 1. The van der Waals surface area contributed by atoms with Gasteiger partial charge in [0.1, 0.15) is 0 Å². The third-order valence-electron chi connectivity index (χ3n) is 1.99. The number of nitrogens with zero attached hydrogens (tertiary/aromatic N) is 1. The Hall–Kier alpha value is -0.950. The van der Waals surface area contributed by atoms with Gasteiger partial charge in [-0.1, -0.05) is 25.2 Å². The number of aromatic nitrogens is 1. The predicted octanol–water partition coefficient (Wildman–Crippen LogP) is 2.74. The SMILES string of the molecule is CC(C)(CC(=O)O)CC(=O)Nc1ncc(Br)s1. The molecule has 1 rings (SSSR count). The van der Waals surface area contributed by atoms with Crippen molar-refractivity contribution in [1.82, 2.24) is 4.98 Å². The summed E-state index contributed by atoms with van der Waals surface area (Å²) in [5.41, 5.74) is -0.565. The van der Waals surface area contributed by atoms with Gasteiger partial charge in [0.25, 0.3) is 0 Å². The molecule has 5 nitrogen and oxygen atoms in total. The van der Waals surface area contributed by atoms with Gasteiger partial charge in [-0.25, -0.2) is 4.98 Å². The normalized spacial score (nSPS) is 11.2. The Labute approximate surface area is 111 Å². The zero-order chi connectivity index (χ0) is 13.1. The summed E-state index contributed by atoms with van der Waals surface area (Å²) in [5.74, 6) is -1.13. The molecule has 17 heavy (non-hydrogen) atoms. The van der Waals surface area contributed by atoms with Gasteiger partial charge in [-0.05, 0) is 21.3 Å². The van der Waals surface area contributed by atoms with Gasteiger partial charge in [0.05, 0.1) is 16.4 Å². The van der Waals surface area contributed by atoms with Crippen LogP contribution in [0.1, 0.15) is 26.7 Å². The molecule has 0 saturated heterocycles. The van der Waals surface area contributed by atoms with Crippen LogP contribution >= 0.6 is 27.3 Å². The van der Waals surface area contributed by atoms with Gasteiger partial charge in [-0.15, -0.1) is 0 Å². The molecule has 0 spiro atoms. The van der Waals surface area contributed by atoms with Gasteiger partial charge in [0.2, 0.25) is 5.91 Å². The summed E-state index contributed by atoms with van der Waals surface area (Å²) >= 11 is 4.56. The van der Waals surface area contributed by atoms with Gasteiger partial charge < -0.3 is 10.4 Å². The van der Waals surface area contributed by atoms with Crippen molar-refractivity contribution in [1.29, 1.82) is 0 Å². The van der Waals surface area contributed by atoms with Crippen LogP contribution in [0.2, 0.25) is 0 Å². The molecule has 0 aromatic carbocycles. The molecule has 0 aliphatic rings. The third-order valence-corrected chi connectivity index (χ3v) is 3.38. The van der Waals surface area contributed by atoms with Crippen LogP contribution in [0, 0.1) is 5.41 Å². The Balaban J connectivity index is 2.52. The van der Waals surface area contributed by atoms with E-state index in [9.17, 15) is 9.59 Å². The Morgan fingerprint density at radius 1 is 1.53 bits per heavy atom. The lowest BCUT2D eigenvalue weighted by molar-refractivity contribution is -0.139. The van der Waals surface area contributed by atoms with Gasteiger partial charge >= 0.3 is 5.97 Å². The number of nitrogens with one attached hydrogen (secondary N) is 1. The third kappa shape index (κ3) is 5.27. The lowest BCUT2D eigenvalue weighted by Gasteiger charge is -2.20. The topological polar surface area (TPSA) is 79.3 Å². The summed E-state index contributed by atoms with van der Waals surface area (Å²) < 4.78 is 0.831. The van der Waals surface area contributed by atoms with Crippen molar-refractivity contribution >= 4 is 44.3 Å². The minimum Gasteiger partial charge on any atom is -0.481 e. The van der Waals surface area contributed by atoms with E-state index < -0.39 is 11.4 Å². The summed E-state index contributed by atoms with van der Waals surface area (Å²) in [5, 5.41) is 11.9. The maximum absolute atomic E-state index is 11.7. The maximum atomic E-state index is 11.7. The molecule has 7 heteroatoms. The van der Waals surface area contributed by atoms with Gasteiger partial charge in [-0.2, -0.15) is 0 Å². The molecule has 1 aromatic rings. The number of rotatable bonds is 5. The first-order chi connectivity index (χ1) is 7.78. The van der Waals surface area contributed by atoms with Crippen LogP contribution < -0.4 is 5.32 Å². The van der Waals surface area contributed by atoms with Crippen molar-refractivity contribution in [2.75, 3.05) is 5.32 Å². The number of thiazole rings is 1. The van der Waals surface area contributed by atoms with E-state index in [1.165, 1.54) is 11.3 Å². The van der Waals surface area contributed by atoms with Gasteiger partial charge in [0, 0.05) is 6.42 Å². The monoisotopic (exact) mass is 320 g/mol. The maximum Gasteiger partial charge on any atom is 0.303 e. The van der Waals surface area contributed by atoms with Crippen molar-refractivity contribution in [3.63, 3.8) is 0 Å². The number of anilines is 1. The zero-order valence-corrected chi connectivity index (χ0v) is 11.9. The van der Waals surface area contributed by atoms with Crippen LogP contribution in [0.5, 0.6) is 0 Å². The second kappa shape index (κ2) is 5.59. The number of hydrogen-bond acceptors (Lipinski definition) is 4. The highest BCUT2D eigenvalue weighted by molar-refractivity contribution is 9.11. The van der Waals surface area contributed by atoms with Crippen molar-refractivity contribution < 1.29 is 14.7 Å². The van der Waals surface area contributed by atoms with Crippen LogP contribution in [0.4, 0.5) is 5.13 Å². The average Bonchev–Trinajstić information content (AvgIpc) is 2.46. The van der Waals surface area contributed by atoms with Crippen LogP contribution in [-0.4, -0.2) is 22.0 Å². The quantitative estimate of drug-likeness (QED) is 0.874. The molecule has 0 aliphatic carbocycles. The minimum atomic E-state index is -0.903. The molecule has 0 unspecified atom stereocenters. The molecule has 0 fully saturated rings. The van der Waals surface area contributed by atoms with E-state index in [-0.39, 0.29) is 18.7 Å². The summed E-state index contributed by atoms with van der Waals surface area (Å²) in [7, 11) is 0. The van der Waals surface area contributed by atoms with E-state index in [0.29, 0.717) is 5.13 Å². The fourth-order valence-electron chi connectivity index (χ4n) is 1.38. The number of carboxylic acid groups (broad SMARTS) is 1. The molecule has 0 atom stereocenters. The Bertz CT molecular complexity index is 431. The molecule has 0 bridgehead atoms. The van der Waals surface area contributed by atoms with E-state index in [1.807, 2.05) is 0 Å². The van der Waals surface area contributed by atoms with Gasteiger partial charge in [0.15, 0.2) is 5.13 Å². The highest BCUT2D eigenvalue weighted by Crippen LogP contribution is 2.27. The predicted molar refractivity (Wildman–Crippen MR) is 69.1 cm³/mol. The second-order valence-corrected chi connectivity index (χ2v) is 6.84. The fourth-order valence-corrected chi connectivity index (χ4v) is 2.50. The molecule has 94 valence electrons. The number of aliphatic carboxylic acids is 1. The Kier molecular flexibility index (Phi) is 4.64. The lowest BCUT2D eigenvalue weighted by Crippen LogP contribution is -2.24. The van der Waals surface area contributed by atoms with E-state index in [1.54, 1.807) is 20.0 Å². The molecular formula is C10H13BrN2O3S. The van der Waals surface area contributed by atoms with Crippen molar-refractivity contribution in [3.8, 4) is 0 Å². The Morgan fingerprint density at radius 3 is 2.65 bits per heavy atom. The first-order valence-corrected chi connectivity index (χ1v) is 6.52. The number of hydrogen-bond donors (Lipinski definition) is 2. The van der Waals surface area contributed by atoms with E-state index in [2.05, 4.69) is 26.2 Å². The van der Waals surface area contributed by atoms with Crippen molar-refractivity contribution in [2.45, 2.75) is 26.7 Å². The number of halogens is 1. The smallest absolute Gasteiger partial charge is 0.303 e. The molecule has 1 amide bonds.